The number of nitrogens with one attached hydrogen (secondary N) is 4. The van der Waals surface area contributed by atoms with E-state index in [1.54, 1.807) is 24.3 Å². The molecule has 2 aromatic rings. The van der Waals surface area contributed by atoms with Crippen LogP contribution in [0.4, 0.5) is 0 Å². The van der Waals surface area contributed by atoms with Gasteiger partial charge in [0.1, 0.15) is 11.7 Å². The Balaban J connectivity index is 1.01. The molecule has 36 heavy (non-hydrogen) atoms. The molecule has 0 spiro atoms. The summed E-state index contributed by atoms with van der Waals surface area (Å²) in [5, 5.41) is 12.1. The van der Waals surface area contributed by atoms with Gasteiger partial charge in [0.05, 0.1) is 39.5 Å². The second-order valence-corrected chi connectivity index (χ2v) is 8.21. The molecule has 0 unspecified atom stereocenters. The SMILES string of the molecule is O=C(NCCOCCOCCNC(=O)c1ccc(C2=NCCN2)cc1)c1ccc(C2=NCCN2)cc1. The highest BCUT2D eigenvalue weighted by molar-refractivity contribution is 6.02. The molecule has 0 radical (unpaired) electrons. The molecule has 0 saturated heterocycles. The minimum Gasteiger partial charge on any atom is -0.377 e. The van der Waals surface area contributed by atoms with Crippen LogP contribution in [-0.2, 0) is 9.47 Å². The van der Waals surface area contributed by atoms with Gasteiger partial charge in [-0.05, 0) is 24.3 Å². The maximum Gasteiger partial charge on any atom is 0.251 e. The van der Waals surface area contributed by atoms with Crippen molar-refractivity contribution in [1.29, 1.82) is 0 Å². The average Bonchev–Trinajstić information content (AvgIpc) is 3.65. The van der Waals surface area contributed by atoms with Crippen LogP contribution in [0.1, 0.15) is 31.8 Å². The molecule has 0 aliphatic carbocycles. The van der Waals surface area contributed by atoms with Crippen molar-refractivity contribution >= 4 is 23.5 Å². The first kappa shape index (κ1) is 25.3. The summed E-state index contributed by atoms with van der Waals surface area (Å²) in [5.74, 6) is 1.46. The van der Waals surface area contributed by atoms with Crippen molar-refractivity contribution in [2.75, 3.05) is 65.7 Å². The number of rotatable bonds is 13. The fraction of sp³-hybridized carbons (Fsp3) is 0.385. The van der Waals surface area contributed by atoms with E-state index >= 15 is 0 Å². The molecule has 0 fully saturated rings. The topological polar surface area (TPSA) is 125 Å². The zero-order chi connectivity index (χ0) is 25.0. The summed E-state index contributed by atoms with van der Waals surface area (Å²) in [6.07, 6.45) is 0. The molecule has 0 saturated carbocycles. The van der Waals surface area contributed by atoms with Crippen molar-refractivity contribution in [3.05, 3.63) is 70.8 Å². The van der Waals surface area contributed by atoms with Gasteiger partial charge in [0, 0.05) is 48.4 Å². The first-order valence-corrected chi connectivity index (χ1v) is 12.2. The third kappa shape index (κ3) is 7.37. The van der Waals surface area contributed by atoms with Crippen LogP contribution in [0.5, 0.6) is 0 Å². The van der Waals surface area contributed by atoms with Crippen LogP contribution < -0.4 is 21.3 Å². The Hall–Kier alpha value is -3.76. The third-order valence-corrected chi connectivity index (χ3v) is 5.63. The number of amides is 2. The molecule has 0 aromatic heterocycles. The number of amidine groups is 2. The molecule has 0 bridgehead atoms. The maximum absolute atomic E-state index is 12.2. The van der Waals surface area contributed by atoms with E-state index in [2.05, 4.69) is 31.3 Å². The van der Waals surface area contributed by atoms with Gasteiger partial charge in [-0.25, -0.2) is 0 Å². The van der Waals surface area contributed by atoms with Crippen molar-refractivity contribution in [3.8, 4) is 0 Å². The minimum atomic E-state index is -0.142. The Morgan fingerprint density at radius 3 is 1.44 bits per heavy atom. The summed E-state index contributed by atoms with van der Waals surface area (Å²) in [5.41, 5.74) is 3.15. The van der Waals surface area contributed by atoms with E-state index in [-0.39, 0.29) is 11.8 Å². The van der Waals surface area contributed by atoms with Gasteiger partial charge >= 0.3 is 0 Å². The van der Waals surface area contributed by atoms with Gasteiger partial charge in [-0.15, -0.1) is 0 Å². The van der Waals surface area contributed by atoms with Crippen molar-refractivity contribution in [3.63, 3.8) is 0 Å². The summed E-state index contributed by atoms with van der Waals surface area (Å²) in [6.45, 7) is 5.69. The fourth-order valence-corrected chi connectivity index (χ4v) is 3.74. The molecule has 4 rings (SSSR count). The average molecular weight is 493 g/mol. The monoisotopic (exact) mass is 492 g/mol. The van der Waals surface area contributed by atoms with Gasteiger partial charge in [-0.2, -0.15) is 0 Å². The maximum atomic E-state index is 12.2. The number of aliphatic imine (C=N–C) groups is 2. The van der Waals surface area contributed by atoms with Crippen LogP contribution in [-0.4, -0.2) is 89.2 Å². The van der Waals surface area contributed by atoms with Crippen LogP contribution in [0.3, 0.4) is 0 Å². The molecular formula is C26H32N6O4. The summed E-state index contributed by atoms with van der Waals surface area (Å²) in [7, 11) is 0. The number of ether oxygens (including phenoxy) is 2. The van der Waals surface area contributed by atoms with Crippen molar-refractivity contribution in [2.45, 2.75) is 0 Å². The van der Waals surface area contributed by atoms with Crippen LogP contribution in [0.25, 0.3) is 0 Å². The second kappa shape index (κ2) is 13.4. The summed E-state index contributed by atoms with van der Waals surface area (Å²) >= 11 is 0. The summed E-state index contributed by atoms with van der Waals surface area (Å²) in [6, 6.07) is 14.7. The fourth-order valence-electron chi connectivity index (χ4n) is 3.74. The van der Waals surface area contributed by atoms with Gasteiger partial charge in [0.25, 0.3) is 11.8 Å². The molecule has 4 N–H and O–H groups in total. The predicted octanol–water partition coefficient (Wildman–Crippen LogP) is 0.579. The Morgan fingerprint density at radius 2 is 1.08 bits per heavy atom. The Kier molecular flexibility index (Phi) is 9.40. The number of hydrogen-bond donors (Lipinski definition) is 4. The molecule has 2 aromatic carbocycles. The standard InChI is InChI=1S/C26H32N6O4/c33-25(21-5-1-19(2-6-21)23-27-9-10-28-23)31-13-15-35-17-18-36-16-14-32-26(34)22-7-3-20(4-8-22)24-29-11-12-30-24/h1-8H,9-18H2,(H,27,28)(H,29,30)(H,31,33)(H,32,34). The van der Waals surface area contributed by atoms with Gasteiger partial charge < -0.3 is 30.7 Å². The molecule has 2 heterocycles. The molecule has 190 valence electrons. The van der Waals surface area contributed by atoms with Gasteiger partial charge in [0.15, 0.2) is 0 Å². The van der Waals surface area contributed by atoms with Gasteiger partial charge in [0.2, 0.25) is 0 Å². The highest BCUT2D eigenvalue weighted by Crippen LogP contribution is 2.08. The van der Waals surface area contributed by atoms with Crippen LogP contribution in [0.15, 0.2) is 58.5 Å². The second-order valence-electron chi connectivity index (χ2n) is 8.21. The van der Waals surface area contributed by atoms with E-state index in [0.29, 0.717) is 50.6 Å². The quantitative estimate of drug-likeness (QED) is 0.303. The number of carbonyl (C=O) groups is 2. The van der Waals surface area contributed by atoms with Crippen LogP contribution in [0, 0.1) is 0 Å². The molecular weight excluding hydrogens is 460 g/mol. The van der Waals surface area contributed by atoms with E-state index in [1.165, 1.54) is 0 Å². The van der Waals surface area contributed by atoms with Crippen molar-refractivity contribution in [1.82, 2.24) is 21.3 Å². The zero-order valence-electron chi connectivity index (χ0n) is 20.2. The highest BCUT2D eigenvalue weighted by atomic mass is 16.5. The number of carbonyl (C=O) groups excluding carboxylic acids is 2. The number of hydrogen-bond acceptors (Lipinski definition) is 8. The molecule has 0 atom stereocenters. The number of benzene rings is 2. The summed E-state index contributed by atoms with van der Waals surface area (Å²) < 4.78 is 11.0. The Morgan fingerprint density at radius 1 is 0.667 bits per heavy atom. The molecule has 2 aliphatic rings. The lowest BCUT2D eigenvalue weighted by Crippen LogP contribution is -2.28. The summed E-state index contributed by atoms with van der Waals surface area (Å²) in [4.78, 5) is 33.2. The van der Waals surface area contributed by atoms with Crippen LogP contribution in [0.2, 0.25) is 0 Å². The highest BCUT2D eigenvalue weighted by Gasteiger charge is 2.11. The van der Waals surface area contributed by atoms with Gasteiger partial charge in [-0.3, -0.25) is 19.6 Å². The largest absolute Gasteiger partial charge is 0.377 e. The predicted molar refractivity (Wildman–Crippen MR) is 138 cm³/mol. The lowest BCUT2D eigenvalue weighted by molar-refractivity contribution is 0.0486. The normalized spacial score (nSPS) is 14.4. The van der Waals surface area contributed by atoms with E-state index in [4.69, 9.17) is 9.47 Å². The smallest absolute Gasteiger partial charge is 0.251 e. The van der Waals surface area contributed by atoms with E-state index < -0.39 is 0 Å². The van der Waals surface area contributed by atoms with E-state index in [1.807, 2.05) is 24.3 Å². The molecule has 2 amide bonds. The molecule has 10 nitrogen and oxygen atoms in total. The van der Waals surface area contributed by atoms with Crippen molar-refractivity contribution in [2.24, 2.45) is 9.98 Å². The first-order valence-electron chi connectivity index (χ1n) is 12.2. The first-order chi connectivity index (χ1) is 17.7. The van der Waals surface area contributed by atoms with Crippen molar-refractivity contribution < 1.29 is 19.1 Å². The lowest BCUT2D eigenvalue weighted by atomic mass is 10.1. The zero-order valence-corrected chi connectivity index (χ0v) is 20.2. The molecule has 10 heteroatoms. The lowest BCUT2D eigenvalue weighted by Gasteiger charge is -2.09. The van der Waals surface area contributed by atoms with Crippen LogP contribution >= 0.6 is 0 Å². The molecule has 2 aliphatic heterocycles. The van der Waals surface area contributed by atoms with E-state index in [9.17, 15) is 9.59 Å². The van der Waals surface area contributed by atoms with Gasteiger partial charge in [-0.1, -0.05) is 24.3 Å². The third-order valence-electron chi connectivity index (χ3n) is 5.63. The number of nitrogens with zero attached hydrogens (tertiary/aromatic N) is 2. The minimum absolute atomic E-state index is 0.142. The Bertz CT molecular complexity index is 995. The Labute approximate surface area is 210 Å². The van der Waals surface area contributed by atoms with E-state index in [0.717, 1.165) is 49.0 Å².